The van der Waals surface area contributed by atoms with Gasteiger partial charge in [0, 0.05) is 19.9 Å². The van der Waals surface area contributed by atoms with E-state index in [-0.39, 0.29) is 6.26 Å². The van der Waals surface area contributed by atoms with E-state index in [2.05, 4.69) is 5.32 Å². The van der Waals surface area contributed by atoms with E-state index in [0.717, 1.165) is 13.2 Å². The molecule has 0 saturated heterocycles. The lowest BCUT2D eigenvalue weighted by Crippen LogP contribution is -2.12. The maximum Gasteiger partial charge on any atom is 0.206 e. The van der Waals surface area contributed by atoms with Crippen molar-refractivity contribution in [3.8, 4) is 0 Å². The first-order chi connectivity index (χ1) is 4.91. The lowest BCUT2D eigenvalue weighted by molar-refractivity contribution is 0.201. The van der Waals surface area contributed by atoms with Gasteiger partial charge >= 0.3 is 0 Å². The van der Waals surface area contributed by atoms with Crippen molar-refractivity contribution in [3.63, 3.8) is 0 Å². The van der Waals surface area contributed by atoms with E-state index in [9.17, 15) is 11.7 Å². The summed E-state index contributed by atoms with van der Waals surface area (Å²) in [5.74, 6) is 0. The summed E-state index contributed by atoms with van der Waals surface area (Å²) >= 11 is -4.67. The molecule has 11 heavy (non-hydrogen) atoms. The summed E-state index contributed by atoms with van der Waals surface area (Å²) in [4.78, 5) is 0. The lowest BCUT2D eigenvalue weighted by atomic mass is 10.7. The van der Waals surface area contributed by atoms with Crippen molar-refractivity contribution in [3.05, 3.63) is 0 Å². The molecule has 2 nitrogen and oxygen atoms in total. The molecule has 0 saturated carbocycles. The van der Waals surface area contributed by atoms with E-state index < -0.39 is 11.2 Å². The number of halogens is 3. The second kappa shape index (κ2) is 8.16. The van der Waals surface area contributed by atoms with Gasteiger partial charge in [-0.3, -0.25) is 0 Å². The van der Waals surface area contributed by atoms with E-state index in [4.69, 9.17) is 4.74 Å². The summed E-state index contributed by atoms with van der Waals surface area (Å²) < 4.78 is 36.0. The molecule has 6 heteroatoms. The van der Waals surface area contributed by atoms with Crippen molar-refractivity contribution in [1.82, 2.24) is 5.32 Å². The fourth-order valence-electron chi connectivity index (χ4n) is 0.204. The van der Waals surface area contributed by atoms with E-state index in [1.807, 2.05) is 7.05 Å². The normalized spacial score (nSPS) is 11.8. The van der Waals surface area contributed by atoms with Crippen LogP contribution in [0.5, 0.6) is 0 Å². The third-order valence-corrected chi connectivity index (χ3v) is 0.556. The van der Waals surface area contributed by atoms with E-state index in [0.29, 0.717) is 0 Å². The van der Waals surface area contributed by atoms with Gasteiger partial charge in [0.1, 0.15) is 0 Å². The van der Waals surface area contributed by atoms with Gasteiger partial charge in [0.15, 0.2) is 0 Å². The zero-order valence-electron chi connectivity index (χ0n) is 6.86. The quantitative estimate of drug-likeness (QED) is 0.691. The predicted octanol–water partition coefficient (Wildman–Crippen LogP) is 1.93. The van der Waals surface area contributed by atoms with Crippen LogP contribution >= 0.6 is 11.2 Å². The molecule has 72 valence electrons. The Labute approximate surface area is 67.3 Å². The Hall–Kier alpha value is 0.0600. The molecule has 0 aromatic heterocycles. The maximum atomic E-state index is 10.4. The monoisotopic (exact) mass is 193 g/mol. The van der Waals surface area contributed by atoms with Crippen molar-refractivity contribution in [2.24, 2.45) is 0 Å². The molecule has 0 spiro atoms. The molecule has 0 bridgehead atoms. The fraction of sp³-hybridized carbons (Fsp3) is 1.00. The topological polar surface area (TPSA) is 21.3 Å². The highest BCUT2D eigenvalue weighted by molar-refractivity contribution is 8.20. The van der Waals surface area contributed by atoms with Crippen LogP contribution in [0.25, 0.3) is 0 Å². The Bertz CT molecular complexity index is 68.6. The van der Waals surface area contributed by atoms with Gasteiger partial charge in [0.05, 0.1) is 6.61 Å². The summed E-state index contributed by atoms with van der Waals surface area (Å²) in [6, 6.07) is 0. The summed E-state index contributed by atoms with van der Waals surface area (Å²) in [5, 5.41) is 2.94. The average Bonchev–Trinajstić information content (AvgIpc) is 1.79. The largest absolute Gasteiger partial charge is 0.383 e. The highest BCUT2D eigenvalue weighted by Gasteiger charge is 2.07. The zero-order valence-corrected chi connectivity index (χ0v) is 7.68. The first-order valence-corrected chi connectivity index (χ1v) is 4.66. The summed E-state index contributed by atoms with van der Waals surface area (Å²) in [5.41, 5.74) is 0. The number of ether oxygens (including phenoxy) is 1. The Kier molecular flexibility index (Phi) is 10.1. The van der Waals surface area contributed by atoms with Gasteiger partial charge in [-0.25, -0.2) is 0 Å². The Balaban J connectivity index is 0. The molecular formula is C5H14F3NOS. The van der Waals surface area contributed by atoms with Crippen LogP contribution in [-0.2, 0) is 4.74 Å². The molecule has 0 rings (SSSR count). The van der Waals surface area contributed by atoms with Crippen LogP contribution < -0.4 is 5.32 Å². The van der Waals surface area contributed by atoms with Crippen LogP contribution in [0.4, 0.5) is 11.7 Å². The molecule has 0 aromatic carbocycles. The number of nitrogens with one attached hydrogen (secondary N) is 1. The smallest absolute Gasteiger partial charge is 0.206 e. The standard InChI is InChI=1S/C4H11NO.CH3F3S/c1-5-3-4-6-2;1-5(2,3)4/h5H,3-4H2,1-2H3;1H3. The molecule has 0 aromatic rings. The first-order valence-electron chi connectivity index (χ1n) is 2.92. The second-order valence-electron chi connectivity index (χ2n) is 1.73. The molecule has 0 aliphatic heterocycles. The Morgan fingerprint density at radius 3 is 1.82 bits per heavy atom. The van der Waals surface area contributed by atoms with E-state index in [1.54, 1.807) is 7.11 Å². The predicted molar refractivity (Wildman–Crippen MR) is 42.6 cm³/mol. The SMILES string of the molecule is CNCCOC.CS(F)(F)F. The Morgan fingerprint density at radius 2 is 1.73 bits per heavy atom. The van der Waals surface area contributed by atoms with Crippen LogP contribution in [0.1, 0.15) is 0 Å². The molecule has 1 N–H and O–H groups in total. The lowest BCUT2D eigenvalue weighted by Gasteiger charge is -1.94. The van der Waals surface area contributed by atoms with Crippen molar-refractivity contribution in [2.75, 3.05) is 33.6 Å². The minimum absolute atomic E-state index is 0.271. The van der Waals surface area contributed by atoms with Gasteiger partial charge < -0.3 is 10.1 Å². The van der Waals surface area contributed by atoms with Gasteiger partial charge in [-0.15, -0.1) is 11.7 Å². The highest BCUT2D eigenvalue weighted by atomic mass is 32.3. The number of likely N-dealkylation sites (N-methyl/N-ethyl adjacent to an activating group) is 1. The molecule has 0 atom stereocenters. The molecule has 0 amide bonds. The number of hydrogen-bond acceptors (Lipinski definition) is 2. The Morgan fingerprint density at radius 1 is 1.36 bits per heavy atom. The van der Waals surface area contributed by atoms with Crippen molar-refractivity contribution < 1.29 is 16.4 Å². The van der Waals surface area contributed by atoms with Crippen LogP contribution in [-0.4, -0.2) is 33.6 Å². The number of methoxy groups -OCH3 is 1. The minimum Gasteiger partial charge on any atom is -0.383 e. The van der Waals surface area contributed by atoms with Crippen molar-refractivity contribution >= 4 is 11.2 Å². The van der Waals surface area contributed by atoms with Gasteiger partial charge in [0.2, 0.25) is 11.2 Å². The van der Waals surface area contributed by atoms with Gasteiger partial charge in [-0.2, -0.15) is 0 Å². The van der Waals surface area contributed by atoms with E-state index in [1.165, 1.54) is 0 Å². The molecule has 0 aliphatic carbocycles. The number of hydrogen-bond donors (Lipinski definition) is 1. The maximum absolute atomic E-state index is 10.4. The van der Waals surface area contributed by atoms with E-state index >= 15 is 0 Å². The van der Waals surface area contributed by atoms with Gasteiger partial charge in [-0.1, -0.05) is 0 Å². The summed E-state index contributed by atoms with van der Waals surface area (Å²) in [6.07, 6.45) is 0.271. The third-order valence-electron chi connectivity index (χ3n) is 0.556. The average molecular weight is 193 g/mol. The highest BCUT2D eigenvalue weighted by Crippen LogP contribution is 2.48. The summed E-state index contributed by atoms with van der Waals surface area (Å²) in [7, 11) is 3.59. The van der Waals surface area contributed by atoms with Crippen LogP contribution in [0, 0.1) is 0 Å². The zero-order chi connectivity index (χ0) is 9.33. The van der Waals surface area contributed by atoms with Crippen LogP contribution in [0.2, 0.25) is 0 Å². The first kappa shape index (κ1) is 13.6. The summed E-state index contributed by atoms with van der Waals surface area (Å²) in [6.45, 7) is 1.74. The number of rotatable bonds is 3. The molecule has 0 fully saturated rings. The molecule has 0 heterocycles. The molecule has 0 unspecified atom stereocenters. The molecular weight excluding hydrogens is 179 g/mol. The van der Waals surface area contributed by atoms with Gasteiger partial charge in [0.25, 0.3) is 0 Å². The minimum atomic E-state index is -4.67. The fourth-order valence-corrected chi connectivity index (χ4v) is 0.204. The van der Waals surface area contributed by atoms with Gasteiger partial charge in [-0.05, 0) is 7.05 Å². The van der Waals surface area contributed by atoms with Crippen LogP contribution in [0.3, 0.4) is 0 Å². The molecule has 0 aliphatic rings. The van der Waals surface area contributed by atoms with Crippen molar-refractivity contribution in [2.45, 2.75) is 0 Å². The third kappa shape index (κ3) is 69.8. The second-order valence-corrected chi connectivity index (χ2v) is 3.01. The molecule has 0 radical (unpaired) electrons. The van der Waals surface area contributed by atoms with Crippen molar-refractivity contribution in [1.29, 1.82) is 0 Å². The van der Waals surface area contributed by atoms with Crippen LogP contribution in [0.15, 0.2) is 0 Å².